The first kappa shape index (κ1) is 8.66. The van der Waals surface area contributed by atoms with Crippen LogP contribution in [-0.2, 0) is 6.54 Å². The van der Waals surface area contributed by atoms with Crippen LogP contribution in [-0.4, -0.2) is 21.5 Å². The van der Waals surface area contributed by atoms with Crippen LogP contribution < -0.4 is 5.56 Å². The highest BCUT2D eigenvalue weighted by Gasteiger charge is 2.09. The van der Waals surface area contributed by atoms with Gasteiger partial charge in [0, 0.05) is 0 Å². The van der Waals surface area contributed by atoms with Crippen molar-refractivity contribution in [2.45, 2.75) is 13.5 Å². The summed E-state index contributed by atoms with van der Waals surface area (Å²) in [6.07, 6.45) is 0. The van der Waals surface area contributed by atoms with Crippen LogP contribution in [0.2, 0.25) is 0 Å². The quantitative estimate of drug-likeness (QED) is 0.621. The highest BCUT2D eigenvalue weighted by molar-refractivity contribution is 5.38. The van der Waals surface area contributed by atoms with Crippen LogP contribution in [0.15, 0.2) is 9.97 Å². The Morgan fingerprint density at radius 3 is 2.75 bits per heavy atom. The molecule has 0 atom stereocenters. The van der Waals surface area contributed by atoms with Gasteiger partial charge in [-0.1, -0.05) is 0 Å². The maximum absolute atomic E-state index is 11.1. The molecule has 6 heteroatoms. The fourth-order valence-electron chi connectivity index (χ4n) is 0.959. The van der Waals surface area contributed by atoms with E-state index in [0.717, 1.165) is 4.68 Å². The second-order valence-corrected chi connectivity index (χ2v) is 2.36. The van der Waals surface area contributed by atoms with Gasteiger partial charge in [-0.25, -0.2) is 4.68 Å². The Kier molecular flexibility index (Phi) is 2.39. The Balaban J connectivity index is 3.17. The largest absolute Gasteiger partial charge is 0.394 e. The predicted octanol–water partition coefficient (Wildman–Crippen LogP) is -0.125. The van der Waals surface area contributed by atoms with Gasteiger partial charge in [0.25, 0.3) is 5.56 Å². The van der Waals surface area contributed by atoms with Crippen LogP contribution in [0.25, 0.3) is 0 Å². The molecule has 0 amide bonds. The van der Waals surface area contributed by atoms with Crippen LogP contribution in [0.4, 0.5) is 5.69 Å². The SMILES string of the molecule is Cc1[nH]n(CCO)c(=O)c1N=O. The second-order valence-electron chi connectivity index (χ2n) is 2.36. The normalized spacial score (nSPS) is 10.2. The van der Waals surface area contributed by atoms with E-state index in [1.54, 1.807) is 6.92 Å². The average Bonchev–Trinajstić information content (AvgIpc) is 2.29. The van der Waals surface area contributed by atoms with Crippen molar-refractivity contribution in [3.8, 4) is 0 Å². The molecule has 0 bridgehead atoms. The molecule has 0 unspecified atom stereocenters. The number of nitrogens with zero attached hydrogens (tertiary/aromatic N) is 2. The fraction of sp³-hybridized carbons (Fsp3) is 0.500. The summed E-state index contributed by atoms with van der Waals surface area (Å²) < 4.78 is 1.14. The van der Waals surface area contributed by atoms with Crippen molar-refractivity contribution in [1.29, 1.82) is 0 Å². The number of aliphatic hydroxyl groups is 1. The summed E-state index contributed by atoms with van der Waals surface area (Å²) in [5.74, 6) is 0. The lowest BCUT2D eigenvalue weighted by molar-refractivity contribution is 0.267. The molecule has 0 spiro atoms. The predicted molar refractivity (Wildman–Crippen MR) is 42.3 cm³/mol. The Morgan fingerprint density at radius 1 is 1.67 bits per heavy atom. The molecule has 0 aromatic carbocycles. The summed E-state index contributed by atoms with van der Waals surface area (Å²) in [6, 6.07) is 0. The van der Waals surface area contributed by atoms with Gasteiger partial charge in [-0.2, -0.15) is 0 Å². The number of hydrogen-bond donors (Lipinski definition) is 2. The molecule has 0 radical (unpaired) electrons. The number of nitrogens with one attached hydrogen (secondary N) is 1. The van der Waals surface area contributed by atoms with Gasteiger partial charge in [-0.05, 0) is 12.1 Å². The van der Waals surface area contributed by atoms with E-state index in [9.17, 15) is 9.70 Å². The van der Waals surface area contributed by atoms with Crippen molar-refractivity contribution in [1.82, 2.24) is 9.78 Å². The highest BCUT2D eigenvalue weighted by Crippen LogP contribution is 2.08. The van der Waals surface area contributed by atoms with Crippen LogP contribution in [0.5, 0.6) is 0 Å². The van der Waals surface area contributed by atoms with E-state index >= 15 is 0 Å². The molecule has 1 heterocycles. The summed E-state index contributed by atoms with van der Waals surface area (Å²) in [4.78, 5) is 21.3. The monoisotopic (exact) mass is 171 g/mol. The van der Waals surface area contributed by atoms with Gasteiger partial charge in [0.05, 0.1) is 18.8 Å². The standard InChI is InChI=1S/C6H9N3O3/c1-4-5(8-12)6(11)9(7-4)2-3-10/h7,10H,2-3H2,1H3. The van der Waals surface area contributed by atoms with Crippen LogP contribution in [0.1, 0.15) is 5.69 Å². The minimum Gasteiger partial charge on any atom is -0.394 e. The first-order valence-electron chi connectivity index (χ1n) is 3.44. The zero-order chi connectivity index (χ0) is 9.14. The average molecular weight is 171 g/mol. The van der Waals surface area contributed by atoms with E-state index in [2.05, 4.69) is 10.3 Å². The van der Waals surface area contributed by atoms with E-state index in [4.69, 9.17) is 5.11 Å². The van der Waals surface area contributed by atoms with Gasteiger partial charge in [-0.15, -0.1) is 4.91 Å². The van der Waals surface area contributed by atoms with Gasteiger partial charge in [0.15, 0.2) is 5.69 Å². The number of H-pyrrole nitrogens is 1. The number of aromatic amines is 1. The third-order valence-corrected chi connectivity index (χ3v) is 1.52. The van der Waals surface area contributed by atoms with Crippen molar-refractivity contribution in [3.63, 3.8) is 0 Å². The molecule has 0 saturated heterocycles. The summed E-state index contributed by atoms with van der Waals surface area (Å²) in [5.41, 5.74) is -0.191. The number of nitroso groups, excluding NO2 is 1. The van der Waals surface area contributed by atoms with Gasteiger partial charge < -0.3 is 5.11 Å². The number of aryl methyl sites for hydroxylation is 1. The third-order valence-electron chi connectivity index (χ3n) is 1.52. The molecule has 2 N–H and O–H groups in total. The molecule has 0 aliphatic heterocycles. The lowest BCUT2D eigenvalue weighted by Crippen LogP contribution is -2.18. The first-order valence-corrected chi connectivity index (χ1v) is 3.44. The van der Waals surface area contributed by atoms with Gasteiger partial charge in [-0.3, -0.25) is 9.89 Å². The molecule has 0 saturated carbocycles. The van der Waals surface area contributed by atoms with E-state index in [1.807, 2.05) is 0 Å². The molecule has 12 heavy (non-hydrogen) atoms. The van der Waals surface area contributed by atoms with E-state index in [0.29, 0.717) is 5.69 Å². The number of rotatable bonds is 3. The maximum Gasteiger partial charge on any atom is 0.296 e. The summed E-state index contributed by atoms with van der Waals surface area (Å²) in [5, 5.41) is 13.7. The molecule has 0 aliphatic carbocycles. The molecule has 6 nitrogen and oxygen atoms in total. The van der Waals surface area contributed by atoms with Crippen molar-refractivity contribution < 1.29 is 5.11 Å². The van der Waals surface area contributed by atoms with Crippen LogP contribution in [0.3, 0.4) is 0 Å². The Labute approximate surface area is 67.8 Å². The minimum absolute atomic E-state index is 0.122. The minimum atomic E-state index is -0.489. The van der Waals surface area contributed by atoms with Crippen molar-refractivity contribution >= 4 is 5.69 Å². The lowest BCUT2D eigenvalue weighted by Gasteiger charge is -1.94. The van der Waals surface area contributed by atoms with Crippen molar-refractivity contribution in [3.05, 3.63) is 21.0 Å². The maximum atomic E-state index is 11.1. The van der Waals surface area contributed by atoms with Crippen molar-refractivity contribution in [2.24, 2.45) is 5.18 Å². The number of aliphatic hydroxyl groups excluding tert-OH is 1. The highest BCUT2D eigenvalue weighted by atomic mass is 16.3. The van der Waals surface area contributed by atoms with Crippen molar-refractivity contribution in [2.75, 3.05) is 6.61 Å². The molecular weight excluding hydrogens is 162 g/mol. The molecule has 0 fully saturated rings. The lowest BCUT2D eigenvalue weighted by atomic mass is 10.4. The Bertz CT molecular complexity index is 338. The van der Waals surface area contributed by atoms with E-state index < -0.39 is 5.56 Å². The third kappa shape index (κ3) is 1.28. The molecule has 0 aliphatic rings. The molecule has 66 valence electrons. The van der Waals surface area contributed by atoms with Crippen LogP contribution >= 0.6 is 0 Å². The molecular formula is C6H9N3O3. The fourth-order valence-corrected chi connectivity index (χ4v) is 0.959. The van der Waals surface area contributed by atoms with Gasteiger partial charge in [0.2, 0.25) is 0 Å². The number of hydrogen-bond acceptors (Lipinski definition) is 4. The molecule has 1 rings (SSSR count). The number of aromatic nitrogens is 2. The second kappa shape index (κ2) is 3.31. The van der Waals surface area contributed by atoms with Crippen LogP contribution in [0, 0.1) is 11.8 Å². The molecule has 1 aromatic heterocycles. The zero-order valence-corrected chi connectivity index (χ0v) is 6.57. The molecule has 1 aromatic rings. The van der Waals surface area contributed by atoms with E-state index in [1.165, 1.54) is 0 Å². The Morgan fingerprint density at radius 2 is 2.33 bits per heavy atom. The van der Waals surface area contributed by atoms with Gasteiger partial charge >= 0.3 is 0 Å². The zero-order valence-electron chi connectivity index (χ0n) is 6.57. The Hall–Kier alpha value is -1.43. The first-order chi connectivity index (χ1) is 5.70. The smallest absolute Gasteiger partial charge is 0.296 e. The topological polar surface area (TPSA) is 87.4 Å². The summed E-state index contributed by atoms with van der Waals surface area (Å²) in [7, 11) is 0. The summed E-state index contributed by atoms with van der Waals surface area (Å²) in [6.45, 7) is 1.57. The van der Waals surface area contributed by atoms with E-state index in [-0.39, 0.29) is 18.8 Å². The van der Waals surface area contributed by atoms with Gasteiger partial charge in [0.1, 0.15) is 0 Å². The summed E-state index contributed by atoms with van der Waals surface area (Å²) >= 11 is 0.